The van der Waals surface area contributed by atoms with Gasteiger partial charge in [0.2, 0.25) is 5.91 Å². The van der Waals surface area contributed by atoms with E-state index in [2.05, 4.69) is 5.32 Å². The van der Waals surface area contributed by atoms with Crippen molar-refractivity contribution in [3.05, 3.63) is 7.43 Å². The molecule has 0 saturated carbocycles. The van der Waals surface area contributed by atoms with Crippen LogP contribution in [0.1, 0.15) is 6.92 Å². The minimum atomic E-state index is -1.51. The van der Waals surface area contributed by atoms with E-state index < -0.39 is 7.80 Å². The molecular weight excluding hydrogens is 226 g/mol. The van der Waals surface area contributed by atoms with Gasteiger partial charge in [-0.2, -0.15) is 0 Å². The number of hydrogen-bond donors (Lipinski definition) is 1. The Morgan fingerprint density at radius 3 is 2.10 bits per heavy atom. The third-order valence-electron chi connectivity index (χ3n) is 0.586. The van der Waals surface area contributed by atoms with Crippen molar-refractivity contribution in [2.75, 3.05) is 13.0 Å². The van der Waals surface area contributed by atoms with Crippen molar-refractivity contribution in [1.82, 2.24) is 5.32 Å². The summed E-state index contributed by atoms with van der Waals surface area (Å²) >= 11 is 0. The predicted octanol–water partition coefficient (Wildman–Crippen LogP) is 0.717. The maximum atomic E-state index is 10.3. The first kappa shape index (κ1) is 17.1. The first-order chi connectivity index (χ1) is 3.63. The maximum absolute atomic E-state index is 10.3. The van der Waals surface area contributed by atoms with E-state index in [1.54, 1.807) is 6.66 Å². The minimum absolute atomic E-state index is 0. The molecule has 0 aliphatic carbocycles. The second-order valence-corrected chi connectivity index (χ2v) is 3.37. The SMILES string of the molecule is CC(=O)NC[PH](C)=O.[CH3-].[Y]. The predicted molar refractivity (Wildman–Crippen MR) is 40.0 cm³/mol. The third kappa shape index (κ3) is 15.9. The van der Waals surface area contributed by atoms with Crippen LogP contribution in [0.15, 0.2) is 0 Å². The first-order valence-electron chi connectivity index (χ1n) is 2.37. The van der Waals surface area contributed by atoms with Gasteiger partial charge in [0.05, 0.1) is 14.1 Å². The van der Waals surface area contributed by atoms with Crippen LogP contribution in [0.3, 0.4) is 0 Å². The zero-order chi connectivity index (χ0) is 6.57. The van der Waals surface area contributed by atoms with Crippen LogP contribution >= 0.6 is 7.80 Å². The fourth-order valence-corrected chi connectivity index (χ4v) is 0.747. The molecule has 0 rings (SSSR count). The molecule has 0 aromatic carbocycles. The molecule has 59 valence electrons. The van der Waals surface area contributed by atoms with Crippen molar-refractivity contribution in [3.8, 4) is 0 Å². The molecule has 5 heteroatoms. The average Bonchev–Trinajstić information content (AvgIpc) is 1.61. The summed E-state index contributed by atoms with van der Waals surface area (Å²) in [5, 5.41) is 2.44. The van der Waals surface area contributed by atoms with Crippen molar-refractivity contribution in [1.29, 1.82) is 0 Å². The molecule has 3 nitrogen and oxygen atoms in total. The van der Waals surface area contributed by atoms with E-state index >= 15 is 0 Å². The quantitative estimate of drug-likeness (QED) is 0.570. The van der Waals surface area contributed by atoms with Gasteiger partial charge in [0.1, 0.15) is 0 Å². The Balaban J connectivity index is -0.000000245. The normalized spacial score (nSPS) is 10.2. The van der Waals surface area contributed by atoms with E-state index in [0.717, 1.165) is 0 Å². The van der Waals surface area contributed by atoms with Crippen LogP contribution in [0.25, 0.3) is 0 Å². The topological polar surface area (TPSA) is 46.2 Å². The van der Waals surface area contributed by atoms with Crippen LogP contribution in [0.4, 0.5) is 0 Å². The van der Waals surface area contributed by atoms with Crippen LogP contribution in [0.2, 0.25) is 0 Å². The van der Waals surface area contributed by atoms with Crippen LogP contribution in [0, 0.1) is 7.43 Å². The molecule has 0 bridgehead atoms. The first-order valence-corrected chi connectivity index (χ1v) is 4.48. The molecule has 10 heavy (non-hydrogen) atoms. The molecule has 0 spiro atoms. The zero-order valence-corrected chi connectivity index (χ0v) is 10.4. The smallest absolute Gasteiger partial charge is 0.217 e. The molecule has 1 amide bonds. The van der Waals surface area contributed by atoms with E-state index in [1.165, 1.54) is 6.92 Å². The molecule has 1 radical (unpaired) electrons. The number of carbonyl (C=O) groups is 1. The molecule has 0 fully saturated rings. The van der Waals surface area contributed by atoms with Gasteiger partial charge >= 0.3 is 0 Å². The second-order valence-electron chi connectivity index (χ2n) is 1.61. The van der Waals surface area contributed by atoms with Gasteiger partial charge < -0.3 is 17.3 Å². The Morgan fingerprint density at radius 2 is 2.00 bits per heavy atom. The summed E-state index contributed by atoms with van der Waals surface area (Å²) in [6.45, 7) is 3.02. The summed E-state index contributed by atoms with van der Waals surface area (Å²) in [4.78, 5) is 10.1. The monoisotopic (exact) mass is 239 g/mol. The molecule has 1 atom stereocenters. The van der Waals surface area contributed by atoms with Crippen LogP contribution in [0.5, 0.6) is 0 Å². The maximum Gasteiger partial charge on any atom is 0.217 e. The summed E-state index contributed by atoms with van der Waals surface area (Å²) in [5.74, 6) is -0.120. The standard InChI is InChI=1S/C4H10NO2P.CH3.Y/c1-4(6)5-3-8(2)7;;/h8H,3H2,1-2H3,(H,5,6);1H3;/q;-1;. The van der Waals surface area contributed by atoms with Crippen molar-refractivity contribution >= 4 is 13.7 Å². The Morgan fingerprint density at radius 1 is 1.60 bits per heavy atom. The Kier molecular flexibility index (Phi) is 16.7. The Bertz CT molecular complexity index is 104. The van der Waals surface area contributed by atoms with Gasteiger partial charge in [0.25, 0.3) is 0 Å². The van der Waals surface area contributed by atoms with Crippen LogP contribution in [-0.2, 0) is 42.1 Å². The molecule has 1 unspecified atom stereocenters. The summed E-state index contributed by atoms with van der Waals surface area (Å²) in [7, 11) is -1.51. The Hall–Kier alpha value is 0.804. The summed E-state index contributed by atoms with van der Waals surface area (Å²) in [6, 6.07) is 0. The minimum Gasteiger partial charge on any atom is -0.358 e. The Labute approximate surface area is 88.0 Å². The van der Waals surface area contributed by atoms with E-state index in [1.807, 2.05) is 0 Å². The molecule has 0 heterocycles. The van der Waals surface area contributed by atoms with E-state index in [9.17, 15) is 9.36 Å². The molecule has 0 aromatic rings. The number of carbonyl (C=O) groups excluding carboxylic acids is 1. The second kappa shape index (κ2) is 9.80. The molecule has 0 aliphatic heterocycles. The van der Waals surface area contributed by atoms with Gasteiger partial charge in [-0.15, -0.1) is 0 Å². The summed E-state index contributed by atoms with van der Waals surface area (Å²) in [5.41, 5.74) is 0. The summed E-state index contributed by atoms with van der Waals surface area (Å²) < 4.78 is 10.3. The summed E-state index contributed by atoms with van der Waals surface area (Å²) in [6.07, 6.45) is 0.333. The zero-order valence-electron chi connectivity index (χ0n) is 6.60. The number of nitrogens with one attached hydrogen (secondary N) is 1. The van der Waals surface area contributed by atoms with Crippen molar-refractivity contribution < 1.29 is 42.1 Å². The molecule has 0 saturated heterocycles. The average molecular weight is 239 g/mol. The van der Waals surface area contributed by atoms with E-state index in [-0.39, 0.29) is 46.0 Å². The third-order valence-corrected chi connectivity index (χ3v) is 1.26. The fraction of sp³-hybridized carbons (Fsp3) is 0.600. The molecule has 0 aliphatic rings. The van der Waals surface area contributed by atoms with Gasteiger partial charge in [0.15, 0.2) is 0 Å². The van der Waals surface area contributed by atoms with Gasteiger partial charge in [-0.3, -0.25) is 4.79 Å². The van der Waals surface area contributed by atoms with Gasteiger partial charge in [0, 0.05) is 39.6 Å². The van der Waals surface area contributed by atoms with Gasteiger partial charge in [-0.25, -0.2) is 0 Å². The number of rotatable bonds is 2. The van der Waals surface area contributed by atoms with Crippen molar-refractivity contribution in [3.63, 3.8) is 0 Å². The molecular formula is C5H13NO2PY-. The van der Waals surface area contributed by atoms with E-state index in [4.69, 9.17) is 0 Å². The van der Waals surface area contributed by atoms with Crippen molar-refractivity contribution in [2.45, 2.75) is 6.92 Å². The van der Waals surface area contributed by atoms with Crippen LogP contribution in [-0.4, -0.2) is 18.9 Å². The van der Waals surface area contributed by atoms with Crippen molar-refractivity contribution in [2.24, 2.45) is 0 Å². The number of amides is 1. The fourth-order valence-electron chi connectivity index (χ4n) is 0.249. The van der Waals surface area contributed by atoms with Crippen LogP contribution < -0.4 is 5.32 Å². The number of hydrogen-bond acceptors (Lipinski definition) is 2. The molecule has 0 aromatic heterocycles. The van der Waals surface area contributed by atoms with E-state index in [0.29, 0.717) is 6.29 Å². The van der Waals surface area contributed by atoms with Gasteiger partial charge in [-0.05, 0) is 6.66 Å². The van der Waals surface area contributed by atoms with Gasteiger partial charge in [-0.1, -0.05) is 0 Å². The largest absolute Gasteiger partial charge is 0.358 e. The molecule has 1 N–H and O–H groups in total.